The topological polar surface area (TPSA) is 61.4 Å². The van der Waals surface area contributed by atoms with Crippen molar-refractivity contribution < 1.29 is 9.59 Å². The molecule has 0 spiro atoms. The van der Waals surface area contributed by atoms with E-state index >= 15 is 0 Å². The zero-order chi connectivity index (χ0) is 18.5. The van der Waals surface area contributed by atoms with Crippen molar-refractivity contribution >= 4 is 17.5 Å². The number of anilines is 1. The Bertz CT molecular complexity index is 589. The van der Waals surface area contributed by atoms with Crippen LogP contribution in [0.1, 0.15) is 51.7 Å². The van der Waals surface area contributed by atoms with Crippen LogP contribution in [0.3, 0.4) is 0 Å². The van der Waals surface area contributed by atoms with Gasteiger partial charge >= 0.3 is 0 Å². The molecule has 0 atom stereocenters. The Morgan fingerprint density at radius 3 is 2.25 bits per heavy atom. The van der Waals surface area contributed by atoms with Crippen LogP contribution < -0.4 is 10.6 Å². The predicted octanol–water partition coefficient (Wildman–Crippen LogP) is 2.90. The van der Waals surface area contributed by atoms with Crippen LogP contribution in [0.25, 0.3) is 0 Å². The second kappa shape index (κ2) is 8.29. The van der Waals surface area contributed by atoms with Gasteiger partial charge in [0.2, 0.25) is 11.8 Å². The first-order chi connectivity index (χ1) is 11.0. The van der Waals surface area contributed by atoms with Crippen molar-refractivity contribution in [3.05, 3.63) is 29.3 Å². The average molecular weight is 333 g/mol. The lowest BCUT2D eigenvalue weighted by atomic mass is 9.98. The Morgan fingerprint density at radius 2 is 1.71 bits per heavy atom. The monoisotopic (exact) mass is 333 g/mol. The van der Waals surface area contributed by atoms with Gasteiger partial charge in [-0.05, 0) is 51.8 Å². The molecule has 0 saturated heterocycles. The number of aryl methyl sites for hydroxylation is 1. The molecule has 1 aromatic rings. The molecule has 0 unspecified atom stereocenters. The number of hydrogen-bond acceptors (Lipinski definition) is 3. The van der Waals surface area contributed by atoms with Crippen LogP contribution in [0, 0.1) is 6.92 Å². The van der Waals surface area contributed by atoms with E-state index in [-0.39, 0.29) is 30.4 Å². The lowest BCUT2D eigenvalue weighted by Crippen LogP contribution is -2.46. The van der Waals surface area contributed by atoms with Gasteiger partial charge in [-0.1, -0.05) is 32.0 Å². The minimum absolute atomic E-state index is 0.0865. The number of para-hydroxylation sites is 1. The van der Waals surface area contributed by atoms with E-state index in [2.05, 4.69) is 24.5 Å². The molecular weight excluding hydrogens is 302 g/mol. The highest BCUT2D eigenvalue weighted by Crippen LogP contribution is 2.27. The van der Waals surface area contributed by atoms with E-state index in [1.54, 1.807) is 11.9 Å². The molecule has 0 aliphatic heterocycles. The van der Waals surface area contributed by atoms with Gasteiger partial charge in [0.1, 0.15) is 0 Å². The lowest BCUT2D eigenvalue weighted by molar-refractivity contribution is -0.124. The van der Waals surface area contributed by atoms with Crippen LogP contribution in [0.15, 0.2) is 18.2 Å². The normalized spacial score (nSPS) is 11.7. The van der Waals surface area contributed by atoms with Crippen molar-refractivity contribution in [2.24, 2.45) is 0 Å². The first kappa shape index (κ1) is 20.2. The summed E-state index contributed by atoms with van der Waals surface area (Å²) in [6, 6.07) is 6.03. The quantitative estimate of drug-likeness (QED) is 0.841. The molecular formula is C19H31N3O2. The van der Waals surface area contributed by atoms with Gasteiger partial charge in [-0.15, -0.1) is 0 Å². The highest BCUT2D eigenvalue weighted by Gasteiger charge is 2.17. The molecule has 0 radical (unpaired) electrons. The number of carbonyl (C=O) groups excluding carboxylic acids is 2. The van der Waals surface area contributed by atoms with Crippen LogP contribution in [0.4, 0.5) is 5.69 Å². The van der Waals surface area contributed by atoms with Gasteiger partial charge in [0.25, 0.3) is 0 Å². The molecule has 24 heavy (non-hydrogen) atoms. The molecule has 5 heteroatoms. The predicted molar refractivity (Wildman–Crippen MR) is 99.3 cm³/mol. The zero-order valence-electron chi connectivity index (χ0n) is 16.0. The summed E-state index contributed by atoms with van der Waals surface area (Å²) < 4.78 is 0. The molecule has 0 saturated carbocycles. The highest BCUT2D eigenvalue weighted by molar-refractivity contribution is 5.94. The number of likely N-dealkylation sites (N-methyl/N-ethyl adjacent to an activating group) is 1. The molecule has 1 rings (SSSR count). The van der Waals surface area contributed by atoms with E-state index in [1.807, 2.05) is 45.9 Å². The third kappa shape index (κ3) is 6.71. The van der Waals surface area contributed by atoms with E-state index in [0.29, 0.717) is 5.92 Å². The summed E-state index contributed by atoms with van der Waals surface area (Å²) in [5, 5.41) is 5.89. The Labute approximate surface area is 145 Å². The van der Waals surface area contributed by atoms with Gasteiger partial charge in [0, 0.05) is 11.2 Å². The maximum absolute atomic E-state index is 12.3. The van der Waals surface area contributed by atoms with Crippen molar-refractivity contribution in [2.45, 2.75) is 53.0 Å². The smallest absolute Gasteiger partial charge is 0.238 e. The van der Waals surface area contributed by atoms with Gasteiger partial charge in [-0.25, -0.2) is 0 Å². The van der Waals surface area contributed by atoms with E-state index in [0.717, 1.165) is 16.8 Å². The lowest BCUT2D eigenvalue weighted by Gasteiger charge is -2.23. The Kier molecular flexibility index (Phi) is 6.96. The largest absolute Gasteiger partial charge is 0.350 e. The van der Waals surface area contributed by atoms with Crippen molar-refractivity contribution in [2.75, 3.05) is 25.5 Å². The van der Waals surface area contributed by atoms with Crippen molar-refractivity contribution in [1.82, 2.24) is 10.2 Å². The van der Waals surface area contributed by atoms with Crippen LogP contribution in [0.2, 0.25) is 0 Å². The SMILES string of the molecule is Cc1cccc(C(C)C)c1NC(=O)CN(C)CC(=O)NC(C)(C)C. The van der Waals surface area contributed by atoms with E-state index in [1.165, 1.54) is 0 Å². The number of nitrogens with one attached hydrogen (secondary N) is 2. The first-order valence-electron chi connectivity index (χ1n) is 8.38. The number of benzene rings is 1. The summed E-state index contributed by atoms with van der Waals surface area (Å²) in [6.45, 7) is 12.4. The molecule has 5 nitrogen and oxygen atoms in total. The van der Waals surface area contributed by atoms with Gasteiger partial charge < -0.3 is 10.6 Å². The Balaban J connectivity index is 2.66. The Hall–Kier alpha value is -1.88. The minimum Gasteiger partial charge on any atom is -0.350 e. The van der Waals surface area contributed by atoms with Crippen LogP contribution in [0.5, 0.6) is 0 Å². The third-order valence-electron chi connectivity index (χ3n) is 3.53. The van der Waals surface area contributed by atoms with Crippen molar-refractivity contribution in [3.8, 4) is 0 Å². The maximum Gasteiger partial charge on any atom is 0.238 e. The Morgan fingerprint density at radius 1 is 1.12 bits per heavy atom. The number of amides is 2. The van der Waals surface area contributed by atoms with Gasteiger partial charge in [-0.2, -0.15) is 0 Å². The standard InChI is InChI=1S/C19H31N3O2/c1-13(2)15-10-8-9-14(3)18(15)20-16(23)11-22(7)12-17(24)21-19(4,5)6/h8-10,13H,11-12H2,1-7H3,(H,20,23)(H,21,24). The fourth-order valence-electron chi connectivity index (χ4n) is 2.53. The molecule has 0 fully saturated rings. The third-order valence-corrected chi connectivity index (χ3v) is 3.53. The van der Waals surface area contributed by atoms with E-state index < -0.39 is 0 Å². The second-order valence-corrected chi connectivity index (χ2v) is 7.71. The molecule has 0 bridgehead atoms. The van der Waals surface area contributed by atoms with Crippen LogP contribution in [-0.4, -0.2) is 42.4 Å². The summed E-state index contributed by atoms with van der Waals surface area (Å²) in [4.78, 5) is 26.0. The van der Waals surface area contributed by atoms with Crippen LogP contribution >= 0.6 is 0 Å². The van der Waals surface area contributed by atoms with Crippen molar-refractivity contribution in [3.63, 3.8) is 0 Å². The molecule has 1 aromatic carbocycles. The fraction of sp³-hybridized carbons (Fsp3) is 0.579. The highest BCUT2D eigenvalue weighted by atomic mass is 16.2. The summed E-state index contributed by atoms with van der Waals surface area (Å²) in [5.74, 6) is 0.129. The van der Waals surface area contributed by atoms with E-state index in [9.17, 15) is 9.59 Å². The molecule has 0 aliphatic carbocycles. The fourth-order valence-corrected chi connectivity index (χ4v) is 2.53. The van der Waals surface area contributed by atoms with Crippen molar-refractivity contribution in [1.29, 1.82) is 0 Å². The molecule has 134 valence electrons. The molecule has 0 aromatic heterocycles. The minimum atomic E-state index is -0.270. The average Bonchev–Trinajstić information content (AvgIpc) is 2.37. The number of hydrogen-bond donors (Lipinski definition) is 2. The number of rotatable bonds is 6. The summed E-state index contributed by atoms with van der Waals surface area (Å²) >= 11 is 0. The summed E-state index contributed by atoms with van der Waals surface area (Å²) in [7, 11) is 1.77. The summed E-state index contributed by atoms with van der Waals surface area (Å²) in [5.41, 5.74) is 2.78. The second-order valence-electron chi connectivity index (χ2n) is 7.71. The zero-order valence-corrected chi connectivity index (χ0v) is 16.0. The molecule has 2 amide bonds. The first-order valence-corrected chi connectivity index (χ1v) is 8.38. The van der Waals surface area contributed by atoms with E-state index in [4.69, 9.17) is 0 Å². The molecule has 2 N–H and O–H groups in total. The van der Waals surface area contributed by atoms with Gasteiger partial charge in [0.05, 0.1) is 13.1 Å². The molecule has 0 heterocycles. The van der Waals surface area contributed by atoms with Crippen LogP contribution in [-0.2, 0) is 9.59 Å². The number of carbonyl (C=O) groups is 2. The molecule has 0 aliphatic rings. The maximum atomic E-state index is 12.3. The summed E-state index contributed by atoms with van der Waals surface area (Å²) in [6.07, 6.45) is 0. The van der Waals surface area contributed by atoms with Gasteiger partial charge in [0.15, 0.2) is 0 Å². The van der Waals surface area contributed by atoms with Gasteiger partial charge in [-0.3, -0.25) is 14.5 Å². The number of nitrogens with zero attached hydrogens (tertiary/aromatic N) is 1.